The van der Waals surface area contributed by atoms with Crippen molar-refractivity contribution in [2.45, 2.75) is 19.8 Å². The van der Waals surface area contributed by atoms with Gasteiger partial charge in [-0.3, -0.25) is 4.79 Å². The zero-order valence-corrected chi connectivity index (χ0v) is 7.23. The van der Waals surface area contributed by atoms with Gasteiger partial charge in [0.25, 0.3) is 0 Å². The molecule has 3 rings (SSSR count). The van der Waals surface area contributed by atoms with Gasteiger partial charge in [-0.15, -0.1) is 0 Å². The van der Waals surface area contributed by atoms with Gasteiger partial charge in [0.15, 0.2) is 0 Å². The molecule has 0 aliphatic heterocycles. The summed E-state index contributed by atoms with van der Waals surface area (Å²) in [4.78, 5) is 10.9. The minimum absolute atomic E-state index is 0.117. The number of aliphatic carboxylic acids is 1. The Balaban J connectivity index is 2.26. The highest BCUT2D eigenvalue weighted by atomic mass is 16.4. The number of carbonyl (C=O) groups is 1. The lowest BCUT2D eigenvalue weighted by molar-refractivity contribution is -0.147. The molecule has 0 amide bonds. The van der Waals surface area contributed by atoms with Crippen molar-refractivity contribution < 1.29 is 9.90 Å². The third-order valence-electron chi connectivity index (χ3n) is 3.43. The lowest BCUT2D eigenvalue weighted by Gasteiger charge is -2.41. The SMILES string of the molecule is C[C@H]1[C@H](C(=O)O)[C@@H]2C=C[C@H]1CC2. The molecule has 1 saturated carbocycles. The summed E-state index contributed by atoms with van der Waals surface area (Å²) in [7, 11) is 0. The Morgan fingerprint density at radius 2 is 1.92 bits per heavy atom. The Hall–Kier alpha value is -0.790. The Labute approximate surface area is 72.3 Å². The molecule has 0 unspecified atom stereocenters. The predicted molar refractivity (Wildman–Crippen MR) is 45.6 cm³/mol. The molecule has 0 saturated heterocycles. The van der Waals surface area contributed by atoms with E-state index in [1.54, 1.807) is 0 Å². The molecule has 0 radical (unpaired) electrons. The molecule has 66 valence electrons. The van der Waals surface area contributed by atoms with Gasteiger partial charge in [-0.25, -0.2) is 0 Å². The van der Waals surface area contributed by atoms with Crippen LogP contribution >= 0.6 is 0 Å². The van der Waals surface area contributed by atoms with E-state index in [-0.39, 0.29) is 5.92 Å². The first kappa shape index (κ1) is 7.84. The van der Waals surface area contributed by atoms with Gasteiger partial charge in [0.1, 0.15) is 0 Å². The molecule has 3 aliphatic carbocycles. The molecule has 0 spiro atoms. The summed E-state index contributed by atoms with van der Waals surface area (Å²) >= 11 is 0. The average molecular weight is 166 g/mol. The first-order valence-electron chi connectivity index (χ1n) is 4.61. The summed E-state index contributed by atoms with van der Waals surface area (Å²) in [5.41, 5.74) is 0. The van der Waals surface area contributed by atoms with E-state index >= 15 is 0 Å². The molecule has 1 fully saturated rings. The van der Waals surface area contributed by atoms with Gasteiger partial charge in [0, 0.05) is 0 Å². The monoisotopic (exact) mass is 166 g/mol. The fraction of sp³-hybridized carbons (Fsp3) is 0.700. The molecular formula is C10H14O2. The van der Waals surface area contributed by atoms with E-state index in [0.29, 0.717) is 17.8 Å². The lowest BCUT2D eigenvalue weighted by Crippen LogP contribution is -2.39. The minimum atomic E-state index is -0.610. The van der Waals surface area contributed by atoms with Crippen LogP contribution in [0.3, 0.4) is 0 Å². The van der Waals surface area contributed by atoms with Crippen molar-refractivity contribution in [3.05, 3.63) is 12.2 Å². The second kappa shape index (κ2) is 2.61. The van der Waals surface area contributed by atoms with E-state index in [4.69, 9.17) is 5.11 Å². The number of allylic oxidation sites excluding steroid dienone is 2. The highest BCUT2D eigenvalue weighted by Gasteiger charge is 2.41. The van der Waals surface area contributed by atoms with E-state index in [2.05, 4.69) is 19.1 Å². The minimum Gasteiger partial charge on any atom is -0.481 e. The molecular weight excluding hydrogens is 152 g/mol. The molecule has 2 nitrogen and oxygen atoms in total. The third kappa shape index (κ3) is 0.977. The number of hydrogen-bond acceptors (Lipinski definition) is 1. The molecule has 4 atom stereocenters. The van der Waals surface area contributed by atoms with Crippen molar-refractivity contribution in [1.82, 2.24) is 0 Å². The summed E-state index contributed by atoms with van der Waals surface area (Å²) < 4.78 is 0. The van der Waals surface area contributed by atoms with Gasteiger partial charge in [-0.2, -0.15) is 0 Å². The number of rotatable bonds is 1. The first-order valence-corrected chi connectivity index (χ1v) is 4.61. The number of carboxylic acid groups (broad SMARTS) is 1. The Morgan fingerprint density at radius 1 is 1.33 bits per heavy atom. The number of hydrogen-bond donors (Lipinski definition) is 1. The Morgan fingerprint density at radius 3 is 2.25 bits per heavy atom. The Kier molecular flexibility index (Phi) is 1.71. The van der Waals surface area contributed by atoms with Gasteiger partial charge in [0.2, 0.25) is 0 Å². The average Bonchev–Trinajstić information content (AvgIpc) is 2.05. The van der Waals surface area contributed by atoms with Crippen LogP contribution in [0, 0.1) is 23.7 Å². The van der Waals surface area contributed by atoms with E-state index in [1.165, 1.54) is 6.42 Å². The van der Waals surface area contributed by atoms with E-state index in [1.807, 2.05) is 0 Å². The predicted octanol–water partition coefficient (Wildman–Crippen LogP) is 1.92. The van der Waals surface area contributed by atoms with Crippen LogP contribution in [0.2, 0.25) is 0 Å². The van der Waals surface area contributed by atoms with Gasteiger partial charge in [0.05, 0.1) is 5.92 Å². The van der Waals surface area contributed by atoms with Crippen LogP contribution < -0.4 is 0 Å². The topological polar surface area (TPSA) is 37.3 Å². The van der Waals surface area contributed by atoms with Crippen LogP contribution in [0.1, 0.15) is 19.8 Å². The maximum Gasteiger partial charge on any atom is 0.307 e. The zero-order valence-electron chi connectivity index (χ0n) is 7.23. The van der Waals surface area contributed by atoms with Gasteiger partial charge in [-0.05, 0) is 30.6 Å². The molecule has 2 heteroatoms. The van der Waals surface area contributed by atoms with Crippen molar-refractivity contribution in [3.63, 3.8) is 0 Å². The van der Waals surface area contributed by atoms with Gasteiger partial charge < -0.3 is 5.11 Å². The molecule has 2 bridgehead atoms. The van der Waals surface area contributed by atoms with Crippen molar-refractivity contribution in [1.29, 1.82) is 0 Å². The molecule has 0 aromatic heterocycles. The fourth-order valence-corrected chi connectivity index (χ4v) is 2.66. The van der Waals surface area contributed by atoms with Crippen LogP contribution in [0.4, 0.5) is 0 Å². The highest BCUT2D eigenvalue weighted by molar-refractivity contribution is 5.71. The van der Waals surface area contributed by atoms with Crippen molar-refractivity contribution in [2.24, 2.45) is 23.7 Å². The maximum atomic E-state index is 10.9. The van der Waals surface area contributed by atoms with E-state index in [9.17, 15) is 4.79 Å². The molecule has 0 aromatic rings. The standard InChI is InChI=1S/C10H14O2/c1-6-7-2-4-8(5-3-7)9(6)10(11)12/h2,4,6-9H,3,5H2,1H3,(H,11,12)/t6-,7+,8-,9+/m1/s1. The van der Waals surface area contributed by atoms with Crippen molar-refractivity contribution >= 4 is 5.97 Å². The number of fused-ring (bicyclic) bond motifs is 2. The first-order chi connectivity index (χ1) is 5.70. The van der Waals surface area contributed by atoms with E-state index in [0.717, 1.165) is 6.42 Å². The summed E-state index contributed by atoms with van der Waals surface area (Å²) in [6.45, 7) is 2.07. The summed E-state index contributed by atoms with van der Waals surface area (Å²) in [6, 6.07) is 0. The molecule has 3 aliphatic rings. The fourth-order valence-electron chi connectivity index (χ4n) is 2.66. The van der Waals surface area contributed by atoms with Crippen molar-refractivity contribution in [2.75, 3.05) is 0 Å². The smallest absolute Gasteiger partial charge is 0.307 e. The summed E-state index contributed by atoms with van der Waals surface area (Å²) in [5, 5.41) is 9.00. The molecule has 0 heterocycles. The quantitative estimate of drug-likeness (QED) is 0.604. The maximum absolute atomic E-state index is 10.9. The molecule has 1 N–H and O–H groups in total. The summed E-state index contributed by atoms with van der Waals surface area (Å²) in [5.74, 6) is 0.445. The van der Waals surface area contributed by atoms with E-state index < -0.39 is 5.97 Å². The summed E-state index contributed by atoms with van der Waals surface area (Å²) in [6.07, 6.45) is 6.57. The second-order valence-corrected chi connectivity index (χ2v) is 4.01. The van der Waals surface area contributed by atoms with Crippen LogP contribution in [-0.2, 0) is 4.79 Å². The van der Waals surface area contributed by atoms with Crippen LogP contribution in [0.15, 0.2) is 12.2 Å². The normalized spacial score (nSPS) is 44.8. The lowest BCUT2D eigenvalue weighted by atomic mass is 9.63. The molecule has 0 aromatic carbocycles. The van der Waals surface area contributed by atoms with Crippen LogP contribution in [0.25, 0.3) is 0 Å². The zero-order chi connectivity index (χ0) is 8.72. The van der Waals surface area contributed by atoms with Crippen molar-refractivity contribution in [3.8, 4) is 0 Å². The highest BCUT2D eigenvalue weighted by Crippen LogP contribution is 2.44. The van der Waals surface area contributed by atoms with Crippen LogP contribution in [-0.4, -0.2) is 11.1 Å². The van der Waals surface area contributed by atoms with Crippen LogP contribution in [0.5, 0.6) is 0 Å². The molecule has 12 heavy (non-hydrogen) atoms. The Bertz CT molecular complexity index is 232. The van der Waals surface area contributed by atoms with Gasteiger partial charge in [-0.1, -0.05) is 19.1 Å². The second-order valence-electron chi connectivity index (χ2n) is 4.01. The number of carboxylic acids is 1. The van der Waals surface area contributed by atoms with Gasteiger partial charge >= 0.3 is 5.97 Å². The third-order valence-corrected chi connectivity index (χ3v) is 3.43. The largest absolute Gasteiger partial charge is 0.481 e.